The summed E-state index contributed by atoms with van der Waals surface area (Å²) in [5, 5.41) is 12.1. The van der Waals surface area contributed by atoms with Crippen molar-refractivity contribution in [2.75, 3.05) is 19.9 Å². The number of pyridine rings is 1. The summed E-state index contributed by atoms with van der Waals surface area (Å²) < 4.78 is 5.94. The molecule has 0 fully saturated rings. The second-order valence-electron chi connectivity index (χ2n) is 10.6. The third-order valence-electron chi connectivity index (χ3n) is 7.56. The number of ether oxygens (including phenoxy) is 1. The van der Waals surface area contributed by atoms with Crippen molar-refractivity contribution in [3.8, 4) is 5.75 Å². The molecule has 3 aromatic carbocycles. The second kappa shape index (κ2) is 13.2. The van der Waals surface area contributed by atoms with E-state index in [9.17, 15) is 9.59 Å². The fraction of sp³-hybridized carbons (Fsp3) is 0.303. The molecule has 0 saturated carbocycles. The van der Waals surface area contributed by atoms with E-state index in [1.807, 2.05) is 60.7 Å². The second-order valence-corrected chi connectivity index (χ2v) is 12.6. The molecule has 0 spiro atoms. The summed E-state index contributed by atoms with van der Waals surface area (Å²) in [5.41, 5.74) is 5.65. The largest absolute Gasteiger partial charge is 0.487 e. The third-order valence-corrected chi connectivity index (χ3v) is 9.34. The van der Waals surface area contributed by atoms with E-state index >= 15 is 0 Å². The number of amides is 1. The van der Waals surface area contributed by atoms with Crippen LogP contribution in [0.5, 0.6) is 5.75 Å². The van der Waals surface area contributed by atoms with E-state index < -0.39 is 5.97 Å². The Bertz CT molecular complexity index is 1610. The number of halogens is 1. The number of hydrogen-bond acceptors (Lipinski definition) is 6. The Labute approximate surface area is 254 Å². The van der Waals surface area contributed by atoms with Crippen molar-refractivity contribution in [2.24, 2.45) is 0 Å². The molecule has 1 heterocycles. The zero-order valence-electron chi connectivity index (χ0n) is 23.6. The van der Waals surface area contributed by atoms with Gasteiger partial charge in [0.2, 0.25) is 0 Å². The Morgan fingerprint density at radius 1 is 1.05 bits per heavy atom. The summed E-state index contributed by atoms with van der Waals surface area (Å²) in [6, 6.07) is 23.5. The van der Waals surface area contributed by atoms with Crippen molar-refractivity contribution in [2.45, 2.75) is 43.5 Å². The maximum atomic E-state index is 13.1. The summed E-state index contributed by atoms with van der Waals surface area (Å²) in [4.78, 5) is 34.1. The molecule has 5 rings (SSSR count). The van der Waals surface area contributed by atoms with Gasteiger partial charge < -0.3 is 9.84 Å². The number of aromatic nitrogens is 1. The molecule has 1 N–H and O–H groups in total. The van der Waals surface area contributed by atoms with Crippen LogP contribution in [0.1, 0.15) is 45.6 Å². The fourth-order valence-electron chi connectivity index (χ4n) is 5.43. The molecule has 42 heavy (non-hydrogen) atoms. The summed E-state index contributed by atoms with van der Waals surface area (Å²) >= 11 is 7.94. The maximum Gasteiger partial charge on any atom is 0.303 e. The first-order valence-electron chi connectivity index (χ1n) is 13.8. The SMILES string of the molecule is CON(C)C(=O)c1ccccc1CC1(SCCCC(=O)O)Cc2ccc(OCc3ccc4ccc(Cl)cc4n3)cc2C1. The van der Waals surface area contributed by atoms with E-state index in [1.54, 1.807) is 18.8 Å². The van der Waals surface area contributed by atoms with E-state index in [2.05, 4.69) is 12.1 Å². The number of thioether (sulfide) groups is 1. The van der Waals surface area contributed by atoms with Crippen LogP contribution in [0, 0.1) is 0 Å². The molecular weight excluding hydrogens is 572 g/mol. The van der Waals surface area contributed by atoms with Gasteiger partial charge in [0, 0.05) is 34.2 Å². The molecule has 1 aliphatic carbocycles. The quantitative estimate of drug-likeness (QED) is 0.141. The number of aliphatic carboxylic acids is 1. The lowest BCUT2D eigenvalue weighted by Crippen LogP contribution is -2.32. The van der Waals surface area contributed by atoms with Crippen molar-refractivity contribution in [3.05, 3.63) is 106 Å². The average molecular weight is 605 g/mol. The molecule has 218 valence electrons. The predicted molar refractivity (Wildman–Crippen MR) is 166 cm³/mol. The van der Waals surface area contributed by atoms with Crippen molar-refractivity contribution in [1.82, 2.24) is 10.0 Å². The molecule has 0 bridgehead atoms. The van der Waals surface area contributed by atoms with Crippen molar-refractivity contribution < 1.29 is 24.3 Å². The lowest BCUT2D eigenvalue weighted by Gasteiger charge is -2.30. The molecule has 0 aliphatic heterocycles. The Morgan fingerprint density at radius 3 is 2.64 bits per heavy atom. The Kier molecular flexibility index (Phi) is 9.36. The van der Waals surface area contributed by atoms with Gasteiger partial charge in [-0.15, -0.1) is 0 Å². The van der Waals surface area contributed by atoms with Crippen LogP contribution >= 0.6 is 23.4 Å². The number of rotatable bonds is 12. The van der Waals surface area contributed by atoms with Gasteiger partial charge in [-0.2, -0.15) is 11.8 Å². The zero-order valence-corrected chi connectivity index (χ0v) is 25.2. The highest BCUT2D eigenvalue weighted by Crippen LogP contribution is 2.44. The van der Waals surface area contributed by atoms with Crippen LogP contribution in [0.2, 0.25) is 5.02 Å². The number of fused-ring (bicyclic) bond motifs is 2. The van der Waals surface area contributed by atoms with Crippen LogP contribution in [0.3, 0.4) is 0 Å². The molecule has 1 unspecified atom stereocenters. The number of nitrogens with zero attached hydrogens (tertiary/aromatic N) is 2. The van der Waals surface area contributed by atoms with E-state index in [0.717, 1.165) is 46.5 Å². The minimum atomic E-state index is -0.788. The smallest absolute Gasteiger partial charge is 0.303 e. The standard InChI is InChI=1S/C33H33ClN2O5S/c1-36(40-2)32(39)29-7-4-3-6-24(29)19-33(42-15-5-8-31(37)38)18-23-11-14-28(16-25(23)20-33)41-21-27-13-10-22-9-12-26(34)17-30(22)35-27/h3-4,6-7,9-14,16-17H,5,8,15,18-21H2,1-2H3,(H,37,38). The summed E-state index contributed by atoms with van der Waals surface area (Å²) in [5.74, 6) is 0.499. The van der Waals surface area contributed by atoms with Gasteiger partial charge in [0.15, 0.2) is 0 Å². The molecule has 1 atom stereocenters. The van der Waals surface area contributed by atoms with Crippen LogP contribution in [0.15, 0.2) is 72.8 Å². The van der Waals surface area contributed by atoms with E-state index in [1.165, 1.54) is 23.3 Å². The Balaban J connectivity index is 1.35. The van der Waals surface area contributed by atoms with Crippen molar-refractivity contribution in [3.63, 3.8) is 0 Å². The number of hydroxylamine groups is 2. The minimum Gasteiger partial charge on any atom is -0.487 e. The summed E-state index contributed by atoms with van der Waals surface area (Å²) in [6.45, 7) is 0.332. The van der Waals surface area contributed by atoms with E-state index in [4.69, 9.17) is 31.3 Å². The minimum absolute atomic E-state index is 0.136. The van der Waals surface area contributed by atoms with Gasteiger partial charge in [0.1, 0.15) is 12.4 Å². The van der Waals surface area contributed by atoms with Gasteiger partial charge in [0.05, 0.1) is 18.3 Å². The van der Waals surface area contributed by atoms with Gasteiger partial charge >= 0.3 is 5.97 Å². The highest BCUT2D eigenvalue weighted by Gasteiger charge is 2.39. The molecule has 7 nitrogen and oxygen atoms in total. The molecule has 1 aromatic heterocycles. The van der Waals surface area contributed by atoms with Crippen LogP contribution in [-0.2, 0) is 35.5 Å². The Morgan fingerprint density at radius 2 is 1.83 bits per heavy atom. The number of benzene rings is 3. The molecule has 4 aromatic rings. The van der Waals surface area contributed by atoms with Gasteiger partial charge in [-0.25, -0.2) is 10.0 Å². The fourth-order valence-corrected chi connectivity index (χ4v) is 7.09. The summed E-state index contributed by atoms with van der Waals surface area (Å²) in [7, 11) is 3.07. The van der Waals surface area contributed by atoms with Crippen LogP contribution in [-0.4, -0.2) is 51.7 Å². The maximum absolute atomic E-state index is 13.1. The lowest BCUT2D eigenvalue weighted by molar-refractivity contribution is -0.137. The number of carbonyl (C=O) groups is 2. The normalized spacial score (nSPS) is 15.9. The van der Waals surface area contributed by atoms with Crippen LogP contribution in [0.25, 0.3) is 10.9 Å². The number of carboxylic acids is 1. The monoisotopic (exact) mass is 604 g/mol. The van der Waals surface area contributed by atoms with Gasteiger partial charge in [-0.1, -0.05) is 48.0 Å². The van der Waals surface area contributed by atoms with E-state index in [-0.39, 0.29) is 17.1 Å². The predicted octanol–water partition coefficient (Wildman–Crippen LogP) is 6.78. The molecular formula is C33H33ClN2O5S. The van der Waals surface area contributed by atoms with Gasteiger partial charge in [-0.05, 0) is 84.5 Å². The Hall–Kier alpha value is -3.59. The first kappa shape index (κ1) is 29.9. The van der Waals surface area contributed by atoms with Gasteiger partial charge in [-0.3, -0.25) is 14.4 Å². The van der Waals surface area contributed by atoms with Crippen LogP contribution in [0.4, 0.5) is 0 Å². The average Bonchev–Trinajstić information content (AvgIpc) is 3.34. The molecule has 0 saturated heterocycles. The molecule has 0 radical (unpaired) electrons. The highest BCUT2D eigenvalue weighted by molar-refractivity contribution is 8.00. The third kappa shape index (κ3) is 7.06. The number of hydrogen-bond donors (Lipinski definition) is 1. The number of carbonyl (C=O) groups excluding carboxylic acids is 1. The first-order valence-corrected chi connectivity index (χ1v) is 15.2. The van der Waals surface area contributed by atoms with Gasteiger partial charge in [0.25, 0.3) is 5.91 Å². The van der Waals surface area contributed by atoms with E-state index in [0.29, 0.717) is 30.0 Å². The summed E-state index contributed by atoms with van der Waals surface area (Å²) in [6.07, 6.45) is 2.99. The number of carboxylic acid groups (broad SMARTS) is 1. The highest BCUT2D eigenvalue weighted by atomic mass is 35.5. The molecule has 1 aliphatic rings. The van der Waals surface area contributed by atoms with Crippen molar-refractivity contribution in [1.29, 1.82) is 0 Å². The first-order chi connectivity index (χ1) is 20.2. The van der Waals surface area contributed by atoms with Crippen LogP contribution < -0.4 is 4.74 Å². The van der Waals surface area contributed by atoms with Crippen molar-refractivity contribution >= 4 is 46.1 Å². The lowest BCUT2D eigenvalue weighted by atomic mass is 9.92. The molecule has 1 amide bonds. The topological polar surface area (TPSA) is 89.0 Å². The zero-order chi connectivity index (χ0) is 29.7. The molecule has 9 heteroatoms.